The molecule has 0 saturated carbocycles. The average Bonchev–Trinajstić information content (AvgIpc) is 2.68. The Hall–Kier alpha value is -2.98. The molecular formula is C22H28FN3O5S. The lowest BCUT2D eigenvalue weighted by atomic mass is 10.2. The van der Waals surface area contributed by atoms with Gasteiger partial charge in [-0.3, -0.25) is 4.79 Å². The highest BCUT2D eigenvalue weighted by Crippen LogP contribution is 2.17. The molecule has 0 heterocycles. The molecule has 0 radical (unpaired) electrons. The second-order valence-corrected chi connectivity index (χ2v) is 10.1. The van der Waals surface area contributed by atoms with E-state index in [9.17, 15) is 22.4 Å². The van der Waals surface area contributed by atoms with Crippen molar-refractivity contribution in [1.82, 2.24) is 10.0 Å². The zero-order valence-electron chi connectivity index (χ0n) is 18.7. The van der Waals surface area contributed by atoms with E-state index in [1.807, 2.05) is 0 Å². The number of amides is 2. The molecule has 2 aromatic carbocycles. The lowest BCUT2D eigenvalue weighted by molar-refractivity contribution is 0.0524. The number of anilines is 1. The third-order valence-corrected chi connectivity index (χ3v) is 5.72. The fourth-order valence-corrected chi connectivity index (χ4v) is 3.94. The number of halogens is 1. The summed E-state index contributed by atoms with van der Waals surface area (Å²) in [5.74, 6) is -0.926. The number of hydrogen-bond donors (Lipinski definition) is 3. The first-order valence-corrected chi connectivity index (χ1v) is 11.4. The van der Waals surface area contributed by atoms with Gasteiger partial charge in [0.25, 0.3) is 5.91 Å². The number of carbonyl (C=O) groups excluding carboxylic acids is 2. The smallest absolute Gasteiger partial charge is 0.407 e. The Kier molecular flexibility index (Phi) is 7.97. The summed E-state index contributed by atoms with van der Waals surface area (Å²) in [4.78, 5) is 24.1. The van der Waals surface area contributed by atoms with Crippen molar-refractivity contribution in [3.8, 4) is 0 Å². The summed E-state index contributed by atoms with van der Waals surface area (Å²) in [6, 6.07) is 9.02. The molecule has 0 saturated heterocycles. The molecule has 0 aliphatic rings. The molecule has 2 amide bonds. The van der Waals surface area contributed by atoms with E-state index in [1.54, 1.807) is 34.6 Å². The van der Waals surface area contributed by atoms with Gasteiger partial charge in [0, 0.05) is 23.8 Å². The number of alkyl carbamates (subject to hydrolysis) is 1. The molecule has 0 aliphatic carbocycles. The van der Waals surface area contributed by atoms with Crippen LogP contribution in [0, 0.1) is 12.7 Å². The lowest BCUT2D eigenvalue weighted by Crippen LogP contribution is -2.43. The Morgan fingerprint density at radius 2 is 1.81 bits per heavy atom. The maximum atomic E-state index is 13.4. The number of aryl methyl sites for hydroxylation is 1. The zero-order valence-corrected chi connectivity index (χ0v) is 19.5. The Balaban J connectivity index is 2.04. The van der Waals surface area contributed by atoms with Crippen LogP contribution in [0.2, 0.25) is 0 Å². The maximum absolute atomic E-state index is 13.4. The monoisotopic (exact) mass is 465 g/mol. The molecule has 8 nitrogen and oxygen atoms in total. The van der Waals surface area contributed by atoms with Crippen LogP contribution in [0.3, 0.4) is 0 Å². The molecular weight excluding hydrogens is 437 g/mol. The number of hydrogen-bond acceptors (Lipinski definition) is 5. The van der Waals surface area contributed by atoms with Crippen molar-refractivity contribution in [3.63, 3.8) is 0 Å². The van der Waals surface area contributed by atoms with Crippen LogP contribution in [-0.2, 0) is 14.8 Å². The minimum absolute atomic E-state index is 0.0121. The highest BCUT2D eigenvalue weighted by molar-refractivity contribution is 7.89. The Bertz CT molecular complexity index is 1100. The van der Waals surface area contributed by atoms with Crippen molar-refractivity contribution >= 4 is 27.7 Å². The first-order chi connectivity index (χ1) is 14.8. The highest BCUT2D eigenvalue weighted by atomic mass is 32.2. The Labute approximate surface area is 187 Å². The summed E-state index contributed by atoms with van der Waals surface area (Å²) in [5.41, 5.74) is 0.217. The number of nitrogens with one attached hydrogen (secondary N) is 3. The number of sulfonamides is 1. The molecule has 0 aromatic heterocycles. The normalized spacial score (nSPS) is 12.7. The molecule has 0 bridgehead atoms. The molecule has 10 heteroatoms. The van der Waals surface area contributed by atoms with Gasteiger partial charge in [-0.05, 0) is 76.6 Å². The summed E-state index contributed by atoms with van der Waals surface area (Å²) in [6.07, 6.45) is -0.654. The van der Waals surface area contributed by atoms with E-state index in [1.165, 1.54) is 42.5 Å². The fourth-order valence-electron chi connectivity index (χ4n) is 2.66. The van der Waals surface area contributed by atoms with E-state index in [-0.39, 0.29) is 17.0 Å². The van der Waals surface area contributed by atoms with Crippen LogP contribution in [0.1, 0.15) is 43.6 Å². The van der Waals surface area contributed by atoms with E-state index in [0.29, 0.717) is 11.3 Å². The first kappa shape index (κ1) is 25.3. The second kappa shape index (κ2) is 10.1. The molecule has 3 N–H and O–H groups in total. The summed E-state index contributed by atoms with van der Waals surface area (Å²) < 4.78 is 46.4. The fraction of sp³-hybridized carbons (Fsp3) is 0.364. The van der Waals surface area contributed by atoms with E-state index < -0.39 is 39.5 Å². The summed E-state index contributed by atoms with van der Waals surface area (Å²) in [5, 5.41) is 5.11. The van der Waals surface area contributed by atoms with Crippen LogP contribution in [0.5, 0.6) is 0 Å². The molecule has 2 rings (SSSR count). The van der Waals surface area contributed by atoms with Gasteiger partial charge in [0.2, 0.25) is 10.0 Å². The topological polar surface area (TPSA) is 114 Å². The maximum Gasteiger partial charge on any atom is 0.407 e. The van der Waals surface area contributed by atoms with Crippen LogP contribution >= 0.6 is 0 Å². The van der Waals surface area contributed by atoms with Crippen molar-refractivity contribution in [1.29, 1.82) is 0 Å². The molecule has 0 unspecified atom stereocenters. The molecule has 1 atom stereocenters. The molecule has 0 fully saturated rings. The van der Waals surface area contributed by atoms with Crippen molar-refractivity contribution < 1.29 is 27.1 Å². The summed E-state index contributed by atoms with van der Waals surface area (Å²) in [6.45, 7) is 8.33. The average molecular weight is 466 g/mol. The standard InChI is InChI=1S/C22H28FN3O5S/c1-14-11-17(9-10-19(14)23)25-20(27)16-7-6-8-18(12-16)32(29,30)26-15(2)13-24-21(28)31-22(3,4)5/h6-12,15,26H,13H2,1-5H3,(H,24,28)(H,25,27)/t15-/m0/s1. The summed E-state index contributed by atoms with van der Waals surface area (Å²) >= 11 is 0. The molecule has 32 heavy (non-hydrogen) atoms. The number of carbonyl (C=O) groups is 2. The minimum Gasteiger partial charge on any atom is -0.444 e. The van der Waals surface area contributed by atoms with Gasteiger partial charge in [0.05, 0.1) is 4.90 Å². The second-order valence-electron chi connectivity index (χ2n) is 8.35. The van der Waals surface area contributed by atoms with E-state index >= 15 is 0 Å². The van der Waals surface area contributed by atoms with E-state index in [4.69, 9.17) is 4.74 Å². The lowest BCUT2D eigenvalue weighted by Gasteiger charge is -2.21. The quantitative estimate of drug-likeness (QED) is 0.578. The molecule has 0 spiro atoms. The van der Waals surface area contributed by atoms with Gasteiger partial charge in [0.1, 0.15) is 11.4 Å². The van der Waals surface area contributed by atoms with Gasteiger partial charge in [-0.2, -0.15) is 0 Å². The SMILES string of the molecule is Cc1cc(NC(=O)c2cccc(S(=O)(=O)N[C@@H](C)CNC(=O)OC(C)(C)C)c2)ccc1F. The van der Waals surface area contributed by atoms with Crippen LogP contribution in [0.15, 0.2) is 47.4 Å². The summed E-state index contributed by atoms with van der Waals surface area (Å²) in [7, 11) is -3.96. The van der Waals surface area contributed by atoms with Crippen molar-refractivity contribution in [2.75, 3.05) is 11.9 Å². The molecule has 2 aromatic rings. The van der Waals surface area contributed by atoms with Gasteiger partial charge in [-0.1, -0.05) is 6.07 Å². The van der Waals surface area contributed by atoms with Gasteiger partial charge in [-0.15, -0.1) is 0 Å². The van der Waals surface area contributed by atoms with Gasteiger partial charge >= 0.3 is 6.09 Å². The van der Waals surface area contributed by atoms with Crippen LogP contribution in [0.4, 0.5) is 14.9 Å². The highest BCUT2D eigenvalue weighted by Gasteiger charge is 2.21. The van der Waals surface area contributed by atoms with Crippen LogP contribution < -0.4 is 15.4 Å². The number of ether oxygens (including phenoxy) is 1. The molecule has 0 aliphatic heterocycles. The van der Waals surface area contributed by atoms with Crippen molar-refractivity contribution in [2.24, 2.45) is 0 Å². The molecule has 174 valence electrons. The predicted octanol–water partition coefficient (Wildman–Crippen LogP) is 3.58. The van der Waals surface area contributed by atoms with Crippen LogP contribution in [0.25, 0.3) is 0 Å². The van der Waals surface area contributed by atoms with Crippen molar-refractivity contribution in [2.45, 2.75) is 51.2 Å². The minimum atomic E-state index is -3.96. The number of benzene rings is 2. The van der Waals surface area contributed by atoms with E-state index in [0.717, 1.165) is 0 Å². The third kappa shape index (κ3) is 7.61. The van der Waals surface area contributed by atoms with Gasteiger partial charge in [-0.25, -0.2) is 22.3 Å². The first-order valence-electron chi connectivity index (χ1n) is 9.93. The van der Waals surface area contributed by atoms with Gasteiger partial charge in [0.15, 0.2) is 0 Å². The van der Waals surface area contributed by atoms with Crippen molar-refractivity contribution in [3.05, 3.63) is 59.4 Å². The third-order valence-electron chi connectivity index (χ3n) is 4.13. The Morgan fingerprint density at radius 1 is 1.12 bits per heavy atom. The zero-order chi connectivity index (χ0) is 24.1. The predicted molar refractivity (Wildman–Crippen MR) is 120 cm³/mol. The van der Waals surface area contributed by atoms with E-state index in [2.05, 4.69) is 15.4 Å². The number of rotatable bonds is 7. The largest absolute Gasteiger partial charge is 0.444 e. The van der Waals surface area contributed by atoms with Gasteiger partial charge < -0.3 is 15.4 Å². The Morgan fingerprint density at radius 3 is 2.44 bits per heavy atom. The van der Waals surface area contributed by atoms with Crippen LogP contribution in [-0.4, -0.2) is 38.6 Å².